The summed E-state index contributed by atoms with van der Waals surface area (Å²) >= 11 is 6.10. The molecule has 1 aliphatic heterocycles. The summed E-state index contributed by atoms with van der Waals surface area (Å²) in [4.78, 5) is 4.72. The molecule has 0 bridgehead atoms. The Kier molecular flexibility index (Phi) is 3.50. The van der Waals surface area contributed by atoms with E-state index in [0.29, 0.717) is 18.0 Å². The van der Waals surface area contributed by atoms with Crippen LogP contribution < -0.4 is 0 Å². The molecule has 2 unspecified atom stereocenters. The predicted molar refractivity (Wildman–Crippen MR) is 77.7 cm³/mol. The number of fused-ring (bicyclic) bond motifs is 1. The van der Waals surface area contributed by atoms with Crippen molar-refractivity contribution in [2.45, 2.75) is 44.7 Å². The van der Waals surface area contributed by atoms with Gasteiger partial charge in [0.15, 0.2) is 0 Å². The second kappa shape index (κ2) is 5.14. The minimum atomic E-state index is 0.309. The van der Waals surface area contributed by atoms with E-state index < -0.39 is 0 Å². The lowest BCUT2D eigenvalue weighted by atomic mass is 10.0. The molecule has 1 aromatic carbocycles. The molecule has 3 rings (SSSR count). The van der Waals surface area contributed by atoms with Crippen LogP contribution in [0.25, 0.3) is 11.0 Å². The summed E-state index contributed by atoms with van der Waals surface area (Å²) < 4.78 is 7.98. The number of aryl methyl sites for hydroxylation is 1. The van der Waals surface area contributed by atoms with Gasteiger partial charge < -0.3 is 9.30 Å². The van der Waals surface area contributed by atoms with Crippen molar-refractivity contribution in [2.24, 2.45) is 0 Å². The Morgan fingerprint density at radius 3 is 3.05 bits per heavy atom. The van der Waals surface area contributed by atoms with Gasteiger partial charge in [-0.05, 0) is 38.3 Å². The van der Waals surface area contributed by atoms with E-state index in [4.69, 9.17) is 21.3 Å². The van der Waals surface area contributed by atoms with Crippen LogP contribution in [0.3, 0.4) is 0 Å². The smallest absolute Gasteiger partial charge is 0.125 e. The second-order valence-corrected chi connectivity index (χ2v) is 5.60. The van der Waals surface area contributed by atoms with E-state index in [0.717, 1.165) is 30.8 Å². The van der Waals surface area contributed by atoms with Crippen molar-refractivity contribution in [3.63, 3.8) is 0 Å². The van der Waals surface area contributed by atoms with Crippen LogP contribution >= 0.6 is 11.6 Å². The van der Waals surface area contributed by atoms with E-state index in [1.165, 1.54) is 11.1 Å². The van der Waals surface area contributed by atoms with Gasteiger partial charge >= 0.3 is 0 Å². The third-order valence-electron chi connectivity index (χ3n) is 3.94. The number of hydrogen-bond donors (Lipinski definition) is 0. The van der Waals surface area contributed by atoms with E-state index in [2.05, 4.69) is 36.6 Å². The van der Waals surface area contributed by atoms with E-state index in [1.54, 1.807) is 0 Å². The second-order valence-electron chi connectivity index (χ2n) is 5.33. The van der Waals surface area contributed by atoms with E-state index in [9.17, 15) is 0 Å². The summed E-state index contributed by atoms with van der Waals surface area (Å²) in [7, 11) is 0. The standard InChI is InChI=1S/C15H19ClN2O/c1-10-4-3-5-13-15(10)17-14(9-16)18(13)12-6-7-19-11(2)8-12/h3-5,11-12H,6-9H2,1-2H3. The van der Waals surface area contributed by atoms with Gasteiger partial charge in [-0.2, -0.15) is 0 Å². The minimum absolute atomic E-state index is 0.309. The van der Waals surface area contributed by atoms with Gasteiger partial charge in [-0.25, -0.2) is 4.98 Å². The Hall–Kier alpha value is -1.06. The van der Waals surface area contributed by atoms with E-state index >= 15 is 0 Å². The third-order valence-corrected chi connectivity index (χ3v) is 4.18. The lowest BCUT2D eigenvalue weighted by Crippen LogP contribution is -2.26. The summed E-state index contributed by atoms with van der Waals surface area (Å²) in [5.41, 5.74) is 3.50. The number of halogens is 1. The zero-order valence-corrected chi connectivity index (χ0v) is 12.2. The highest BCUT2D eigenvalue weighted by Gasteiger charge is 2.24. The molecule has 0 saturated carbocycles. The van der Waals surface area contributed by atoms with Crippen molar-refractivity contribution in [1.82, 2.24) is 9.55 Å². The number of benzene rings is 1. The first-order valence-electron chi connectivity index (χ1n) is 6.84. The molecule has 1 saturated heterocycles. The quantitative estimate of drug-likeness (QED) is 0.781. The molecule has 0 spiro atoms. The number of rotatable bonds is 2. The maximum Gasteiger partial charge on any atom is 0.125 e. The number of imidazole rings is 1. The lowest BCUT2D eigenvalue weighted by Gasteiger charge is -2.29. The monoisotopic (exact) mass is 278 g/mol. The van der Waals surface area contributed by atoms with Crippen molar-refractivity contribution in [1.29, 1.82) is 0 Å². The highest BCUT2D eigenvalue weighted by molar-refractivity contribution is 6.16. The first-order valence-corrected chi connectivity index (χ1v) is 7.38. The fourth-order valence-electron chi connectivity index (χ4n) is 3.02. The Balaban J connectivity index is 2.13. The molecule has 1 aliphatic rings. The highest BCUT2D eigenvalue weighted by atomic mass is 35.5. The molecule has 19 heavy (non-hydrogen) atoms. The van der Waals surface area contributed by atoms with Gasteiger partial charge in [-0.1, -0.05) is 12.1 Å². The molecule has 2 aromatic rings. The van der Waals surface area contributed by atoms with Crippen LogP contribution in [-0.2, 0) is 10.6 Å². The average molecular weight is 279 g/mol. The van der Waals surface area contributed by atoms with Crippen LogP contribution in [0.15, 0.2) is 18.2 Å². The van der Waals surface area contributed by atoms with Gasteiger partial charge in [0.05, 0.1) is 23.0 Å². The summed E-state index contributed by atoms with van der Waals surface area (Å²) in [5, 5.41) is 0. The van der Waals surface area contributed by atoms with Gasteiger partial charge in [-0.15, -0.1) is 11.6 Å². The van der Waals surface area contributed by atoms with Crippen LogP contribution in [0.4, 0.5) is 0 Å². The normalized spacial score (nSPS) is 23.9. The average Bonchev–Trinajstić information content (AvgIpc) is 2.78. The number of para-hydroxylation sites is 1. The molecular weight excluding hydrogens is 260 g/mol. The van der Waals surface area contributed by atoms with E-state index in [1.807, 2.05) is 0 Å². The molecule has 0 radical (unpaired) electrons. The Bertz CT molecular complexity index is 593. The summed E-state index contributed by atoms with van der Waals surface area (Å²) in [5.74, 6) is 1.44. The molecule has 2 atom stereocenters. The largest absolute Gasteiger partial charge is 0.378 e. The number of alkyl halides is 1. The van der Waals surface area contributed by atoms with Crippen LogP contribution in [0.5, 0.6) is 0 Å². The fraction of sp³-hybridized carbons (Fsp3) is 0.533. The van der Waals surface area contributed by atoms with Crippen LogP contribution in [0.1, 0.15) is 37.2 Å². The molecule has 102 valence electrons. The van der Waals surface area contributed by atoms with Crippen LogP contribution in [0.2, 0.25) is 0 Å². The van der Waals surface area contributed by atoms with Crippen LogP contribution in [-0.4, -0.2) is 22.3 Å². The van der Waals surface area contributed by atoms with E-state index in [-0.39, 0.29) is 0 Å². The summed E-state index contributed by atoms with van der Waals surface area (Å²) in [6.07, 6.45) is 2.38. The fourth-order valence-corrected chi connectivity index (χ4v) is 3.20. The molecule has 3 nitrogen and oxygen atoms in total. The minimum Gasteiger partial charge on any atom is -0.378 e. The van der Waals surface area contributed by atoms with Crippen molar-refractivity contribution in [3.05, 3.63) is 29.6 Å². The van der Waals surface area contributed by atoms with Gasteiger partial charge in [0.1, 0.15) is 5.82 Å². The number of nitrogens with zero attached hydrogens (tertiary/aromatic N) is 2. The van der Waals surface area contributed by atoms with Gasteiger partial charge in [-0.3, -0.25) is 0 Å². The molecule has 2 heterocycles. The lowest BCUT2D eigenvalue weighted by molar-refractivity contribution is 0.00633. The van der Waals surface area contributed by atoms with Gasteiger partial charge in [0, 0.05) is 12.6 Å². The summed E-state index contributed by atoms with van der Waals surface area (Å²) in [6.45, 7) is 5.06. The molecule has 0 amide bonds. The maximum absolute atomic E-state index is 6.10. The molecule has 0 aliphatic carbocycles. The van der Waals surface area contributed by atoms with Crippen molar-refractivity contribution < 1.29 is 4.74 Å². The SMILES string of the molecule is Cc1cccc2c1nc(CCl)n2C1CCOC(C)C1. The number of ether oxygens (including phenoxy) is 1. The topological polar surface area (TPSA) is 27.1 Å². The van der Waals surface area contributed by atoms with Crippen molar-refractivity contribution >= 4 is 22.6 Å². The molecule has 0 N–H and O–H groups in total. The van der Waals surface area contributed by atoms with Gasteiger partial charge in [0.25, 0.3) is 0 Å². The first kappa shape index (κ1) is 12.9. The molecule has 4 heteroatoms. The zero-order chi connectivity index (χ0) is 13.4. The first-order chi connectivity index (χ1) is 9.20. The maximum atomic E-state index is 6.10. The van der Waals surface area contributed by atoms with Crippen molar-refractivity contribution in [3.8, 4) is 0 Å². The number of aromatic nitrogens is 2. The Labute approximate surface area is 118 Å². The Morgan fingerprint density at radius 1 is 1.47 bits per heavy atom. The van der Waals surface area contributed by atoms with Crippen LogP contribution in [0, 0.1) is 6.92 Å². The zero-order valence-electron chi connectivity index (χ0n) is 11.4. The number of hydrogen-bond acceptors (Lipinski definition) is 2. The predicted octanol–water partition coefficient (Wildman–Crippen LogP) is 3.82. The third kappa shape index (κ3) is 2.26. The molecule has 1 aromatic heterocycles. The Morgan fingerprint density at radius 2 is 2.32 bits per heavy atom. The van der Waals surface area contributed by atoms with Gasteiger partial charge in [0.2, 0.25) is 0 Å². The molecular formula is C15H19ClN2O. The molecule has 1 fully saturated rings. The summed E-state index contributed by atoms with van der Waals surface area (Å²) in [6, 6.07) is 6.79. The van der Waals surface area contributed by atoms with Crippen molar-refractivity contribution in [2.75, 3.05) is 6.61 Å². The highest BCUT2D eigenvalue weighted by Crippen LogP contribution is 2.31.